The molecule has 1 fully saturated rings. The Kier molecular flexibility index (Phi) is 3.10. The maximum Gasteiger partial charge on any atom is 0.329 e. The topological polar surface area (TPSA) is 77.8 Å². The summed E-state index contributed by atoms with van der Waals surface area (Å²) < 4.78 is 0. The fourth-order valence-electron chi connectivity index (χ4n) is 1.65. The third-order valence-corrected chi connectivity index (χ3v) is 2.40. The van der Waals surface area contributed by atoms with E-state index in [0.717, 1.165) is 0 Å². The third kappa shape index (κ3) is 1.87. The second-order valence-corrected chi connectivity index (χ2v) is 3.83. The fourth-order valence-corrected chi connectivity index (χ4v) is 1.65. The maximum absolute atomic E-state index is 11.6. The Bertz CT molecular complexity index is 251. The van der Waals surface area contributed by atoms with E-state index in [2.05, 4.69) is 0 Å². The number of carbonyl (C=O) groups excluding carboxylic acids is 1. The highest BCUT2D eigenvalue weighted by atomic mass is 16.4. The molecule has 1 rings (SSSR count). The van der Waals surface area contributed by atoms with Gasteiger partial charge in [0.25, 0.3) is 0 Å². The molecule has 2 atom stereocenters. The number of rotatable bonds is 2. The summed E-state index contributed by atoms with van der Waals surface area (Å²) in [6, 6.07) is -1.06. The van der Waals surface area contributed by atoms with Crippen LogP contribution in [0.3, 0.4) is 0 Å². The number of amides is 1. The molecule has 5 nitrogen and oxygen atoms in total. The Labute approximate surface area is 82.3 Å². The largest absolute Gasteiger partial charge is 0.480 e. The molecule has 1 aliphatic heterocycles. The number of aliphatic hydroxyl groups is 1. The average molecular weight is 201 g/mol. The summed E-state index contributed by atoms with van der Waals surface area (Å²) in [6.07, 6.45) is -0.592. The van der Waals surface area contributed by atoms with Crippen LogP contribution >= 0.6 is 0 Å². The van der Waals surface area contributed by atoms with Crippen molar-refractivity contribution in [3.8, 4) is 0 Å². The molecule has 1 heterocycles. The van der Waals surface area contributed by atoms with Gasteiger partial charge in [-0.15, -0.1) is 0 Å². The molecule has 0 aromatic rings. The Morgan fingerprint density at radius 3 is 2.43 bits per heavy atom. The monoisotopic (exact) mass is 201 g/mol. The van der Waals surface area contributed by atoms with Crippen molar-refractivity contribution in [1.29, 1.82) is 0 Å². The summed E-state index contributed by atoms with van der Waals surface area (Å²) in [7, 11) is 0. The second-order valence-electron chi connectivity index (χ2n) is 3.83. The van der Waals surface area contributed by atoms with E-state index in [1.807, 2.05) is 0 Å². The van der Waals surface area contributed by atoms with Crippen LogP contribution in [0.15, 0.2) is 0 Å². The van der Waals surface area contributed by atoms with Gasteiger partial charge in [0.05, 0.1) is 6.10 Å². The molecule has 5 heteroatoms. The molecule has 0 radical (unpaired) electrons. The first kappa shape index (κ1) is 11.0. The molecule has 80 valence electrons. The van der Waals surface area contributed by atoms with Gasteiger partial charge in [0.1, 0.15) is 0 Å². The summed E-state index contributed by atoms with van der Waals surface area (Å²) in [5.41, 5.74) is 0. The second kappa shape index (κ2) is 3.96. The lowest BCUT2D eigenvalue weighted by atomic mass is 10.1. The molecular formula is C9H15NO4. The first-order chi connectivity index (χ1) is 6.45. The molecule has 0 saturated carbocycles. The van der Waals surface area contributed by atoms with Crippen LogP contribution < -0.4 is 0 Å². The number of aliphatic hydroxyl groups excluding tert-OH is 1. The van der Waals surface area contributed by atoms with Gasteiger partial charge >= 0.3 is 5.97 Å². The number of likely N-dealkylation sites (tertiary alicyclic amines) is 1. The normalized spacial score (nSPS) is 27.0. The summed E-state index contributed by atoms with van der Waals surface area (Å²) in [6.45, 7) is 3.76. The smallest absolute Gasteiger partial charge is 0.329 e. The maximum atomic E-state index is 11.6. The number of carboxylic acid groups (broad SMARTS) is 1. The van der Waals surface area contributed by atoms with Crippen molar-refractivity contribution in [3.05, 3.63) is 0 Å². The van der Waals surface area contributed by atoms with Gasteiger partial charge in [-0.25, -0.2) is 4.79 Å². The van der Waals surface area contributed by atoms with E-state index >= 15 is 0 Å². The highest BCUT2D eigenvalue weighted by Gasteiger charge is 2.41. The highest BCUT2D eigenvalue weighted by molar-refractivity contribution is 5.85. The van der Waals surface area contributed by atoms with Crippen LogP contribution in [0, 0.1) is 5.92 Å². The lowest BCUT2D eigenvalue weighted by Gasteiger charge is -2.24. The van der Waals surface area contributed by atoms with Gasteiger partial charge in [-0.2, -0.15) is 0 Å². The number of hydrogen-bond donors (Lipinski definition) is 2. The Balaban J connectivity index is 2.79. The third-order valence-electron chi connectivity index (χ3n) is 2.40. The predicted molar refractivity (Wildman–Crippen MR) is 48.6 cm³/mol. The molecule has 0 aromatic heterocycles. The van der Waals surface area contributed by atoms with Crippen molar-refractivity contribution in [2.45, 2.75) is 32.4 Å². The van der Waals surface area contributed by atoms with Gasteiger partial charge in [0.2, 0.25) is 5.91 Å². The fraction of sp³-hybridized carbons (Fsp3) is 0.778. The van der Waals surface area contributed by atoms with E-state index in [0.29, 0.717) is 13.0 Å². The Morgan fingerprint density at radius 2 is 2.00 bits per heavy atom. The standard InChI is InChI=1S/C9H15NO4/c1-5(2)8(12)10-4-3-6(11)7(10)9(13)14/h5-7,11H,3-4H2,1-2H3,(H,13,14)/t6-,7+/m1/s1. The molecular weight excluding hydrogens is 186 g/mol. The van der Waals surface area contributed by atoms with Crippen LogP contribution in [0.1, 0.15) is 20.3 Å². The highest BCUT2D eigenvalue weighted by Crippen LogP contribution is 2.20. The van der Waals surface area contributed by atoms with Gasteiger partial charge in [-0.3, -0.25) is 4.79 Å². The van der Waals surface area contributed by atoms with Crippen LogP contribution in [0.4, 0.5) is 0 Å². The molecule has 1 aliphatic rings. The van der Waals surface area contributed by atoms with E-state index in [1.54, 1.807) is 13.8 Å². The van der Waals surface area contributed by atoms with Crippen molar-refractivity contribution >= 4 is 11.9 Å². The van der Waals surface area contributed by atoms with Crippen molar-refractivity contribution in [2.24, 2.45) is 5.92 Å². The number of nitrogens with zero attached hydrogens (tertiary/aromatic N) is 1. The van der Waals surface area contributed by atoms with Gasteiger partial charge < -0.3 is 15.1 Å². The molecule has 0 spiro atoms. The van der Waals surface area contributed by atoms with Crippen LogP contribution in [0.5, 0.6) is 0 Å². The van der Waals surface area contributed by atoms with Crippen molar-refractivity contribution < 1.29 is 19.8 Å². The molecule has 0 bridgehead atoms. The summed E-state index contributed by atoms with van der Waals surface area (Å²) in [5, 5.41) is 18.2. The number of carbonyl (C=O) groups is 2. The minimum absolute atomic E-state index is 0.214. The van der Waals surface area contributed by atoms with Crippen molar-refractivity contribution in [3.63, 3.8) is 0 Å². The minimum Gasteiger partial charge on any atom is -0.480 e. The zero-order valence-electron chi connectivity index (χ0n) is 8.30. The van der Waals surface area contributed by atoms with Crippen LogP contribution in [0.25, 0.3) is 0 Å². The van der Waals surface area contributed by atoms with Crippen LogP contribution in [-0.4, -0.2) is 45.7 Å². The molecule has 0 aromatic carbocycles. The number of hydrogen-bond acceptors (Lipinski definition) is 3. The van der Waals surface area contributed by atoms with Crippen LogP contribution in [-0.2, 0) is 9.59 Å². The average Bonchev–Trinajstić information content (AvgIpc) is 2.45. The Hall–Kier alpha value is -1.10. The lowest BCUT2D eigenvalue weighted by Crippen LogP contribution is -2.46. The molecule has 2 N–H and O–H groups in total. The first-order valence-electron chi connectivity index (χ1n) is 4.66. The quantitative estimate of drug-likeness (QED) is 0.642. The first-order valence-corrected chi connectivity index (χ1v) is 4.66. The van der Waals surface area contributed by atoms with E-state index < -0.39 is 18.1 Å². The number of carboxylic acids is 1. The summed E-state index contributed by atoms with van der Waals surface area (Å²) in [5.74, 6) is -1.58. The van der Waals surface area contributed by atoms with E-state index in [4.69, 9.17) is 5.11 Å². The molecule has 1 saturated heterocycles. The van der Waals surface area contributed by atoms with E-state index in [-0.39, 0.29) is 11.8 Å². The molecule has 14 heavy (non-hydrogen) atoms. The van der Waals surface area contributed by atoms with Crippen LogP contribution in [0.2, 0.25) is 0 Å². The SMILES string of the molecule is CC(C)C(=O)N1CC[C@@H](O)[C@H]1C(=O)O. The van der Waals surface area contributed by atoms with E-state index in [9.17, 15) is 14.7 Å². The zero-order chi connectivity index (χ0) is 10.9. The summed E-state index contributed by atoms with van der Waals surface area (Å²) >= 11 is 0. The van der Waals surface area contributed by atoms with E-state index in [1.165, 1.54) is 4.90 Å². The number of aliphatic carboxylic acids is 1. The lowest BCUT2D eigenvalue weighted by molar-refractivity contribution is -0.152. The molecule has 1 amide bonds. The molecule has 0 aliphatic carbocycles. The van der Waals surface area contributed by atoms with Gasteiger partial charge in [0.15, 0.2) is 6.04 Å². The van der Waals surface area contributed by atoms with Crippen molar-refractivity contribution in [1.82, 2.24) is 4.90 Å². The van der Waals surface area contributed by atoms with Gasteiger partial charge in [0, 0.05) is 12.5 Å². The summed E-state index contributed by atoms with van der Waals surface area (Å²) in [4.78, 5) is 23.6. The van der Waals surface area contributed by atoms with Gasteiger partial charge in [-0.1, -0.05) is 13.8 Å². The van der Waals surface area contributed by atoms with Crippen molar-refractivity contribution in [2.75, 3.05) is 6.54 Å². The minimum atomic E-state index is -1.14. The predicted octanol–water partition coefficient (Wildman–Crippen LogP) is -0.311. The Morgan fingerprint density at radius 1 is 1.43 bits per heavy atom. The van der Waals surface area contributed by atoms with Gasteiger partial charge in [-0.05, 0) is 6.42 Å². The molecule has 0 unspecified atom stereocenters. The zero-order valence-corrected chi connectivity index (χ0v) is 8.30.